The lowest BCUT2D eigenvalue weighted by molar-refractivity contribution is -0.147. The predicted molar refractivity (Wildman–Crippen MR) is 91.2 cm³/mol. The van der Waals surface area contributed by atoms with Crippen molar-refractivity contribution in [2.24, 2.45) is 5.41 Å². The van der Waals surface area contributed by atoms with E-state index in [0.717, 1.165) is 17.7 Å². The zero-order valence-corrected chi connectivity index (χ0v) is 14.5. The van der Waals surface area contributed by atoms with E-state index in [1.807, 2.05) is 38.1 Å². The monoisotopic (exact) mass is 334 g/mol. The second-order valence-corrected chi connectivity index (χ2v) is 6.69. The summed E-state index contributed by atoms with van der Waals surface area (Å²) in [6, 6.07) is 7.57. The van der Waals surface area contributed by atoms with Crippen LogP contribution in [0.25, 0.3) is 0 Å². The summed E-state index contributed by atoms with van der Waals surface area (Å²) >= 11 is 0. The van der Waals surface area contributed by atoms with Crippen LogP contribution in [0.2, 0.25) is 0 Å². The number of carboxylic acid groups (broad SMARTS) is 1. The molecule has 0 aromatic heterocycles. The van der Waals surface area contributed by atoms with E-state index < -0.39 is 11.4 Å². The first-order valence-corrected chi connectivity index (χ1v) is 8.33. The number of rotatable bonds is 6. The molecule has 2 rings (SSSR count). The Labute approximate surface area is 142 Å². The average Bonchev–Trinajstić information content (AvgIpc) is 2.95. The van der Waals surface area contributed by atoms with Gasteiger partial charge in [0.05, 0.1) is 12.0 Å². The zero-order valence-electron chi connectivity index (χ0n) is 14.5. The van der Waals surface area contributed by atoms with Crippen molar-refractivity contribution in [3.63, 3.8) is 0 Å². The van der Waals surface area contributed by atoms with Crippen LogP contribution in [0.4, 0.5) is 4.79 Å². The fraction of sp³-hybridized carbons (Fsp3) is 0.556. The number of likely N-dealkylation sites (tertiary alicyclic amines) is 1. The molecule has 0 spiro atoms. The molecule has 1 heterocycles. The van der Waals surface area contributed by atoms with Gasteiger partial charge in [0.15, 0.2) is 0 Å². The number of hydrogen-bond donors (Lipinski definition) is 2. The van der Waals surface area contributed by atoms with Crippen LogP contribution in [0.3, 0.4) is 0 Å². The first-order chi connectivity index (χ1) is 11.3. The highest BCUT2D eigenvalue weighted by molar-refractivity contribution is 5.79. The highest BCUT2D eigenvalue weighted by Crippen LogP contribution is 2.29. The van der Waals surface area contributed by atoms with Crippen molar-refractivity contribution in [3.8, 4) is 5.75 Å². The van der Waals surface area contributed by atoms with E-state index >= 15 is 0 Å². The molecule has 6 heteroatoms. The Morgan fingerprint density at radius 3 is 2.79 bits per heavy atom. The molecule has 0 saturated carbocycles. The Morgan fingerprint density at radius 1 is 1.46 bits per heavy atom. The molecular weight excluding hydrogens is 308 g/mol. The number of aliphatic carboxylic acids is 1. The highest BCUT2D eigenvalue weighted by Gasteiger charge is 2.42. The van der Waals surface area contributed by atoms with Crippen LogP contribution >= 0.6 is 0 Å². The van der Waals surface area contributed by atoms with Crippen LogP contribution < -0.4 is 10.1 Å². The summed E-state index contributed by atoms with van der Waals surface area (Å²) in [5.74, 6) is -0.0669. The molecule has 2 N–H and O–H groups in total. The number of nitrogens with one attached hydrogen (secondary N) is 1. The molecule has 0 radical (unpaired) electrons. The smallest absolute Gasteiger partial charge is 0.317 e. The molecule has 2 unspecified atom stereocenters. The summed E-state index contributed by atoms with van der Waals surface area (Å²) in [6.45, 7) is 6.78. The van der Waals surface area contributed by atoms with Crippen LogP contribution in [-0.4, -0.2) is 47.7 Å². The Morgan fingerprint density at radius 2 is 2.21 bits per heavy atom. The molecule has 2 amide bonds. The normalized spacial score (nSPS) is 21.4. The Kier molecular flexibility index (Phi) is 5.70. The fourth-order valence-electron chi connectivity index (χ4n) is 2.77. The molecule has 24 heavy (non-hydrogen) atoms. The van der Waals surface area contributed by atoms with E-state index in [-0.39, 0.29) is 18.7 Å². The first-order valence-electron chi connectivity index (χ1n) is 8.33. The van der Waals surface area contributed by atoms with Gasteiger partial charge in [0.2, 0.25) is 0 Å². The van der Waals surface area contributed by atoms with Crippen molar-refractivity contribution in [1.82, 2.24) is 10.2 Å². The van der Waals surface area contributed by atoms with Gasteiger partial charge in [0, 0.05) is 13.1 Å². The zero-order chi connectivity index (χ0) is 17.7. The summed E-state index contributed by atoms with van der Waals surface area (Å²) in [5, 5.41) is 12.1. The lowest BCUT2D eigenvalue weighted by Gasteiger charge is -2.23. The molecule has 0 aliphatic carbocycles. The number of hydrogen-bond acceptors (Lipinski definition) is 3. The molecule has 2 atom stereocenters. The van der Waals surface area contributed by atoms with E-state index in [0.29, 0.717) is 19.5 Å². The molecule has 1 aromatic carbocycles. The molecule has 1 aliphatic heterocycles. The topological polar surface area (TPSA) is 78.9 Å². The van der Waals surface area contributed by atoms with E-state index in [2.05, 4.69) is 5.32 Å². The fourth-order valence-corrected chi connectivity index (χ4v) is 2.77. The van der Waals surface area contributed by atoms with Gasteiger partial charge in [-0.1, -0.05) is 19.1 Å². The second-order valence-electron chi connectivity index (χ2n) is 6.69. The molecule has 1 aromatic rings. The Bertz CT molecular complexity index is 604. The van der Waals surface area contributed by atoms with Gasteiger partial charge in [-0.15, -0.1) is 0 Å². The van der Waals surface area contributed by atoms with Gasteiger partial charge in [-0.3, -0.25) is 4.79 Å². The van der Waals surface area contributed by atoms with Gasteiger partial charge in [-0.25, -0.2) is 4.79 Å². The SMILES string of the molecule is CCC(CNC(=O)N1CCC(C)(C(=O)O)C1)Oc1cccc(C)c1. The number of aryl methyl sites for hydroxylation is 1. The minimum Gasteiger partial charge on any atom is -0.489 e. The molecule has 0 bridgehead atoms. The molecule has 1 aliphatic rings. The number of nitrogens with zero attached hydrogens (tertiary/aromatic N) is 1. The number of carboxylic acids is 1. The van der Waals surface area contributed by atoms with E-state index in [1.165, 1.54) is 0 Å². The van der Waals surface area contributed by atoms with Crippen molar-refractivity contribution in [2.45, 2.75) is 39.7 Å². The predicted octanol–water partition coefficient (Wildman–Crippen LogP) is 2.66. The van der Waals surface area contributed by atoms with Crippen LogP contribution in [-0.2, 0) is 4.79 Å². The number of carbonyl (C=O) groups excluding carboxylic acids is 1. The van der Waals surface area contributed by atoms with Gasteiger partial charge < -0.3 is 20.1 Å². The number of ether oxygens (including phenoxy) is 1. The van der Waals surface area contributed by atoms with Crippen LogP contribution in [0, 0.1) is 12.3 Å². The molecule has 132 valence electrons. The molecule has 1 saturated heterocycles. The maximum atomic E-state index is 12.2. The third kappa shape index (κ3) is 4.40. The van der Waals surface area contributed by atoms with Crippen molar-refractivity contribution < 1.29 is 19.4 Å². The third-order valence-corrected chi connectivity index (χ3v) is 4.51. The van der Waals surface area contributed by atoms with Gasteiger partial charge in [-0.2, -0.15) is 0 Å². The Balaban J connectivity index is 1.85. The summed E-state index contributed by atoms with van der Waals surface area (Å²) in [4.78, 5) is 25.1. The van der Waals surface area contributed by atoms with Crippen LogP contribution in [0.5, 0.6) is 5.75 Å². The summed E-state index contributed by atoms with van der Waals surface area (Å²) in [5.41, 5.74) is 0.274. The van der Waals surface area contributed by atoms with Gasteiger partial charge in [-0.05, 0) is 44.4 Å². The minimum atomic E-state index is -0.855. The van der Waals surface area contributed by atoms with Gasteiger partial charge >= 0.3 is 12.0 Å². The second kappa shape index (κ2) is 7.55. The van der Waals surface area contributed by atoms with E-state index in [9.17, 15) is 14.7 Å². The first kappa shape index (κ1) is 18.1. The van der Waals surface area contributed by atoms with Crippen molar-refractivity contribution >= 4 is 12.0 Å². The lowest BCUT2D eigenvalue weighted by Crippen LogP contribution is -2.44. The number of benzene rings is 1. The average molecular weight is 334 g/mol. The third-order valence-electron chi connectivity index (χ3n) is 4.51. The molecule has 1 fully saturated rings. The summed E-state index contributed by atoms with van der Waals surface area (Å²) in [6.07, 6.45) is 1.12. The standard InChI is InChI=1S/C18H26N2O4/c1-4-14(24-15-7-5-6-13(2)10-15)11-19-17(23)20-9-8-18(3,12-20)16(21)22/h5-7,10,14H,4,8-9,11-12H2,1-3H3,(H,19,23)(H,21,22). The highest BCUT2D eigenvalue weighted by atomic mass is 16.5. The van der Waals surface area contributed by atoms with Crippen molar-refractivity contribution in [1.29, 1.82) is 0 Å². The maximum Gasteiger partial charge on any atom is 0.317 e. The lowest BCUT2D eigenvalue weighted by atomic mass is 9.90. The molecule has 6 nitrogen and oxygen atoms in total. The van der Waals surface area contributed by atoms with Crippen molar-refractivity contribution in [3.05, 3.63) is 29.8 Å². The quantitative estimate of drug-likeness (QED) is 0.838. The Hall–Kier alpha value is -2.24. The maximum absolute atomic E-state index is 12.2. The number of urea groups is 1. The van der Waals surface area contributed by atoms with Crippen LogP contribution in [0.1, 0.15) is 32.3 Å². The number of carbonyl (C=O) groups is 2. The summed E-state index contributed by atoms with van der Waals surface area (Å²) < 4.78 is 5.91. The summed E-state index contributed by atoms with van der Waals surface area (Å²) in [7, 11) is 0. The van der Waals surface area contributed by atoms with Gasteiger partial charge in [0.1, 0.15) is 11.9 Å². The van der Waals surface area contributed by atoms with E-state index in [1.54, 1.807) is 11.8 Å². The van der Waals surface area contributed by atoms with E-state index in [4.69, 9.17) is 4.74 Å². The van der Waals surface area contributed by atoms with Gasteiger partial charge in [0.25, 0.3) is 0 Å². The largest absolute Gasteiger partial charge is 0.489 e. The van der Waals surface area contributed by atoms with Crippen LogP contribution in [0.15, 0.2) is 24.3 Å². The molecular formula is C18H26N2O4. The number of amides is 2. The minimum absolute atomic E-state index is 0.121. The van der Waals surface area contributed by atoms with Crippen molar-refractivity contribution in [2.75, 3.05) is 19.6 Å².